The summed E-state index contributed by atoms with van der Waals surface area (Å²) in [6, 6.07) is 13.9. The monoisotopic (exact) mass is 354 g/mol. The molecule has 2 aromatic rings. The summed E-state index contributed by atoms with van der Waals surface area (Å²) in [6.07, 6.45) is -0.728. The van der Waals surface area contributed by atoms with Gasteiger partial charge in [-0.3, -0.25) is 9.59 Å². The van der Waals surface area contributed by atoms with E-state index in [1.165, 1.54) is 0 Å². The Balaban J connectivity index is 1.61. The Morgan fingerprint density at radius 1 is 1.00 bits per heavy atom. The summed E-state index contributed by atoms with van der Waals surface area (Å²) in [5.74, 6) is 0.723. The molecule has 0 radical (unpaired) electrons. The number of ether oxygens (including phenoxy) is 2. The molecule has 0 bridgehead atoms. The number of fused-ring (bicyclic) bond motifs is 1. The van der Waals surface area contributed by atoms with Crippen molar-refractivity contribution in [3.8, 4) is 11.5 Å². The lowest BCUT2D eigenvalue weighted by Crippen LogP contribution is -2.40. The van der Waals surface area contributed by atoms with Crippen LogP contribution >= 0.6 is 0 Å². The van der Waals surface area contributed by atoms with Gasteiger partial charge >= 0.3 is 0 Å². The molecule has 2 aromatic carbocycles. The second-order valence-electron chi connectivity index (χ2n) is 7.13. The molecule has 6 heteroatoms. The highest BCUT2D eigenvalue weighted by molar-refractivity contribution is 5.97. The van der Waals surface area contributed by atoms with E-state index >= 15 is 0 Å². The first-order valence-corrected chi connectivity index (χ1v) is 8.44. The molecule has 1 aliphatic heterocycles. The number of benzene rings is 2. The van der Waals surface area contributed by atoms with Crippen molar-refractivity contribution in [1.29, 1.82) is 0 Å². The van der Waals surface area contributed by atoms with Gasteiger partial charge in [-0.05, 0) is 57.2 Å². The van der Waals surface area contributed by atoms with E-state index in [1.807, 2.05) is 32.9 Å². The highest BCUT2D eigenvalue weighted by atomic mass is 16.6. The molecule has 0 aromatic heterocycles. The number of carbonyl (C=O) groups excluding carboxylic acids is 2. The van der Waals surface area contributed by atoms with Crippen LogP contribution in [0.25, 0.3) is 0 Å². The van der Waals surface area contributed by atoms with Crippen LogP contribution in [0.1, 0.15) is 31.1 Å². The third-order valence-corrected chi connectivity index (χ3v) is 3.70. The molecule has 1 aliphatic rings. The van der Waals surface area contributed by atoms with Crippen LogP contribution < -0.4 is 20.1 Å². The van der Waals surface area contributed by atoms with E-state index < -0.39 is 6.10 Å². The first kappa shape index (κ1) is 17.8. The number of nitrogens with one attached hydrogen (secondary N) is 2. The summed E-state index contributed by atoms with van der Waals surface area (Å²) < 4.78 is 11.2. The SMILES string of the molecule is CC(C)(C)NC(=O)c1ccc(NC(=O)[C@@H]2COc3ccccc3O2)cc1. The van der Waals surface area contributed by atoms with Gasteiger partial charge in [0, 0.05) is 16.8 Å². The van der Waals surface area contributed by atoms with Gasteiger partial charge in [-0.2, -0.15) is 0 Å². The van der Waals surface area contributed by atoms with Crippen LogP contribution in [0.5, 0.6) is 11.5 Å². The third-order valence-electron chi connectivity index (χ3n) is 3.70. The van der Waals surface area contributed by atoms with Crippen molar-refractivity contribution in [2.45, 2.75) is 32.4 Å². The third kappa shape index (κ3) is 4.33. The zero-order valence-electron chi connectivity index (χ0n) is 15.0. The quantitative estimate of drug-likeness (QED) is 0.888. The van der Waals surface area contributed by atoms with Crippen LogP contribution in [-0.4, -0.2) is 30.1 Å². The zero-order chi connectivity index (χ0) is 18.7. The summed E-state index contributed by atoms with van der Waals surface area (Å²) in [4.78, 5) is 24.5. The van der Waals surface area contributed by atoms with Crippen LogP contribution in [0, 0.1) is 0 Å². The maximum atomic E-state index is 12.4. The summed E-state index contributed by atoms with van der Waals surface area (Å²) in [6.45, 7) is 5.91. The minimum absolute atomic E-state index is 0.148. The Hall–Kier alpha value is -3.02. The highest BCUT2D eigenvalue weighted by Crippen LogP contribution is 2.31. The van der Waals surface area contributed by atoms with Gasteiger partial charge in [-0.15, -0.1) is 0 Å². The Labute approximate surface area is 152 Å². The van der Waals surface area contributed by atoms with Gasteiger partial charge in [0.1, 0.15) is 6.61 Å². The van der Waals surface area contributed by atoms with Gasteiger partial charge in [0.2, 0.25) is 6.10 Å². The van der Waals surface area contributed by atoms with E-state index in [-0.39, 0.29) is 24.0 Å². The topological polar surface area (TPSA) is 76.7 Å². The predicted octanol–water partition coefficient (Wildman–Crippen LogP) is 2.99. The average Bonchev–Trinajstić information content (AvgIpc) is 2.60. The van der Waals surface area contributed by atoms with Gasteiger partial charge in [-0.25, -0.2) is 0 Å². The van der Waals surface area contributed by atoms with Crippen molar-refractivity contribution in [2.75, 3.05) is 11.9 Å². The normalized spacial score (nSPS) is 15.9. The first-order chi connectivity index (χ1) is 12.3. The maximum Gasteiger partial charge on any atom is 0.269 e. The standard InChI is InChI=1S/C20H22N2O4/c1-20(2,3)22-18(23)13-8-10-14(11-9-13)21-19(24)17-12-25-15-6-4-5-7-16(15)26-17/h4-11,17H,12H2,1-3H3,(H,21,24)(H,22,23)/t17-/m0/s1. The van der Waals surface area contributed by atoms with Crippen LogP contribution in [0.15, 0.2) is 48.5 Å². The van der Waals surface area contributed by atoms with E-state index in [2.05, 4.69) is 10.6 Å². The second-order valence-corrected chi connectivity index (χ2v) is 7.13. The van der Waals surface area contributed by atoms with Gasteiger partial charge in [0.15, 0.2) is 11.5 Å². The van der Waals surface area contributed by atoms with E-state index in [1.54, 1.807) is 36.4 Å². The van der Waals surface area contributed by atoms with Gasteiger partial charge in [0.05, 0.1) is 0 Å². The highest BCUT2D eigenvalue weighted by Gasteiger charge is 2.27. The molecular formula is C20H22N2O4. The van der Waals surface area contributed by atoms with Gasteiger partial charge in [0.25, 0.3) is 11.8 Å². The number of hydrogen-bond donors (Lipinski definition) is 2. The zero-order valence-corrected chi connectivity index (χ0v) is 15.0. The first-order valence-electron chi connectivity index (χ1n) is 8.44. The number of hydrogen-bond acceptors (Lipinski definition) is 4. The molecule has 2 amide bonds. The Morgan fingerprint density at radius 3 is 2.31 bits per heavy atom. The smallest absolute Gasteiger partial charge is 0.269 e. The number of rotatable bonds is 3. The minimum Gasteiger partial charge on any atom is -0.485 e. The fourth-order valence-corrected chi connectivity index (χ4v) is 2.49. The van der Waals surface area contributed by atoms with Crippen LogP contribution in [0.4, 0.5) is 5.69 Å². The molecule has 1 heterocycles. The van der Waals surface area contributed by atoms with Crippen molar-refractivity contribution in [3.63, 3.8) is 0 Å². The Bertz CT molecular complexity index is 809. The lowest BCUT2D eigenvalue weighted by molar-refractivity contribution is -0.125. The molecule has 3 rings (SSSR count). The maximum absolute atomic E-state index is 12.4. The van der Waals surface area contributed by atoms with Crippen LogP contribution in [0.3, 0.4) is 0 Å². The Kier molecular flexibility index (Phi) is 4.84. The van der Waals surface area contributed by atoms with Crippen molar-refractivity contribution in [2.24, 2.45) is 0 Å². The molecule has 1 atom stereocenters. The molecule has 0 saturated heterocycles. The number of anilines is 1. The molecule has 0 aliphatic carbocycles. The van der Waals surface area contributed by atoms with Crippen molar-refractivity contribution in [3.05, 3.63) is 54.1 Å². The second kappa shape index (κ2) is 7.07. The molecule has 0 fully saturated rings. The number of carbonyl (C=O) groups is 2. The summed E-state index contributed by atoms with van der Waals surface area (Å²) in [7, 11) is 0. The van der Waals surface area contributed by atoms with E-state index in [0.29, 0.717) is 22.7 Å². The van der Waals surface area contributed by atoms with Crippen LogP contribution in [0.2, 0.25) is 0 Å². The molecular weight excluding hydrogens is 332 g/mol. The van der Waals surface area contributed by atoms with Crippen LogP contribution in [-0.2, 0) is 4.79 Å². The van der Waals surface area contributed by atoms with Crippen molar-refractivity contribution < 1.29 is 19.1 Å². The summed E-state index contributed by atoms with van der Waals surface area (Å²) in [5, 5.41) is 5.68. The van der Waals surface area contributed by atoms with Crippen molar-refractivity contribution >= 4 is 17.5 Å². The molecule has 0 saturated carbocycles. The summed E-state index contributed by atoms with van der Waals surface area (Å²) in [5.41, 5.74) is 0.812. The average molecular weight is 354 g/mol. The largest absolute Gasteiger partial charge is 0.485 e. The molecule has 6 nitrogen and oxygen atoms in total. The van der Waals surface area contributed by atoms with E-state index in [9.17, 15) is 9.59 Å². The van der Waals surface area contributed by atoms with E-state index in [4.69, 9.17) is 9.47 Å². The van der Waals surface area contributed by atoms with Gasteiger partial charge in [-0.1, -0.05) is 12.1 Å². The van der Waals surface area contributed by atoms with Crippen molar-refractivity contribution in [1.82, 2.24) is 5.32 Å². The summed E-state index contributed by atoms with van der Waals surface area (Å²) >= 11 is 0. The lowest BCUT2D eigenvalue weighted by Gasteiger charge is -2.25. The predicted molar refractivity (Wildman–Crippen MR) is 98.6 cm³/mol. The molecule has 0 unspecified atom stereocenters. The van der Waals surface area contributed by atoms with E-state index in [0.717, 1.165) is 0 Å². The Morgan fingerprint density at radius 2 is 1.65 bits per heavy atom. The molecule has 136 valence electrons. The minimum atomic E-state index is -0.728. The molecule has 0 spiro atoms. The number of para-hydroxylation sites is 2. The molecule has 26 heavy (non-hydrogen) atoms. The van der Waals surface area contributed by atoms with Gasteiger partial charge < -0.3 is 20.1 Å². The fourth-order valence-electron chi connectivity index (χ4n) is 2.49. The lowest BCUT2D eigenvalue weighted by atomic mass is 10.1. The fraction of sp³-hybridized carbons (Fsp3) is 0.300. The number of amides is 2. The molecule has 2 N–H and O–H groups in total.